The van der Waals surface area contributed by atoms with Gasteiger partial charge in [0.15, 0.2) is 11.2 Å². The molecule has 2 fully saturated rings. The molecule has 6 atom stereocenters. The summed E-state index contributed by atoms with van der Waals surface area (Å²) in [6.45, 7) is 19.0. The third kappa shape index (κ3) is 8.56. The Balaban J connectivity index is 1.97. The molecule has 0 radical (unpaired) electrons. The third-order valence-corrected chi connectivity index (χ3v) is 9.45. The van der Waals surface area contributed by atoms with Gasteiger partial charge >= 0.3 is 20.2 Å². The second-order valence-corrected chi connectivity index (χ2v) is 13.9. The van der Waals surface area contributed by atoms with Crippen LogP contribution in [0.3, 0.4) is 0 Å². The van der Waals surface area contributed by atoms with Crippen LogP contribution < -0.4 is 0 Å². The zero-order valence-electron chi connectivity index (χ0n) is 24.2. The smallest absolute Gasteiger partial charge is 0.338 e. The quantitative estimate of drug-likeness (QED) is 0.222. The number of carbonyl (C=O) groups is 2. The van der Waals surface area contributed by atoms with Gasteiger partial charge in [0.1, 0.15) is 12.2 Å². The topological polar surface area (TPSA) is 88.1 Å². The molecule has 36 heavy (non-hydrogen) atoms. The molecule has 0 spiro atoms. The van der Waals surface area contributed by atoms with E-state index >= 15 is 0 Å². The number of esters is 2. The first-order valence-corrected chi connectivity index (χ1v) is 15.1. The van der Waals surface area contributed by atoms with E-state index in [4.69, 9.17) is 18.5 Å². The van der Waals surface area contributed by atoms with Crippen LogP contribution in [0.4, 0.5) is 0 Å². The summed E-state index contributed by atoms with van der Waals surface area (Å²) in [6, 6.07) is 0. The molecular formula is C28H51O7P. The van der Waals surface area contributed by atoms with Crippen molar-refractivity contribution in [2.75, 3.05) is 0 Å². The normalized spacial score (nSPS) is 30.8. The van der Waals surface area contributed by atoms with Crippen molar-refractivity contribution in [2.45, 2.75) is 131 Å². The molecule has 2 rings (SSSR count). The first-order valence-electron chi connectivity index (χ1n) is 13.9. The minimum atomic E-state index is -3.20. The second kappa shape index (κ2) is 12.8. The predicted molar refractivity (Wildman–Crippen MR) is 142 cm³/mol. The fraction of sp³-hybridized carbons (Fsp3) is 0.929. The van der Waals surface area contributed by atoms with Crippen LogP contribution in [0.25, 0.3) is 0 Å². The van der Waals surface area contributed by atoms with Crippen molar-refractivity contribution in [3.8, 4) is 0 Å². The van der Waals surface area contributed by atoms with Crippen LogP contribution in [0.1, 0.15) is 108 Å². The molecule has 2 saturated carbocycles. The Bertz CT molecular complexity index is 714. The van der Waals surface area contributed by atoms with Crippen LogP contribution >= 0.6 is 8.25 Å². The van der Waals surface area contributed by atoms with Crippen molar-refractivity contribution in [2.24, 2.45) is 35.5 Å². The van der Waals surface area contributed by atoms with E-state index in [1.807, 2.05) is 0 Å². The summed E-state index contributed by atoms with van der Waals surface area (Å²) in [4.78, 5) is 26.0. The van der Waals surface area contributed by atoms with Gasteiger partial charge in [-0.2, -0.15) is 0 Å². The van der Waals surface area contributed by atoms with Crippen molar-refractivity contribution >= 4 is 20.2 Å². The minimum absolute atomic E-state index is 0.189. The van der Waals surface area contributed by atoms with E-state index in [1.165, 1.54) is 27.7 Å². The van der Waals surface area contributed by atoms with Crippen molar-refractivity contribution in [1.82, 2.24) is 0 Å². The molecule has 0 aromatic heterocycles. The standard InChI is InChI=1S/C28H51O7P/c1-17(2)21-13-11-19(5)15-23(21)32-25(29)27(7,8)34-36(31)35-28(9,10)26(30)33-24-16-20(6)12-14-22(24)18(3)4/h17-24,36H,11-16H2,1-10H3. The minimum Gasteiger partial charge on any atom is -0.460 e. The SMILES string of the molecule is CC1CCC(C(C)C)C(OC(=O)C(C)(C)O[PH](=O)OC(C)(C)C(=O)OC2CC(C)CCC2C(C)C)C1. The summed E-state index contributed by atoms with van der Waals surface area (Å²) in [7, 11) is -3.20. The largest absolute Gasteiger partial charge is 0.460 e. The maximum absolute atomic E-state index is 13.0. The molecular weight excluding hydrogens is 479 g/mol. The Morgan fingerprint density at radius 1 is 0.694 bits per heavy atom. The second-order valence-electron chi connectivity index (χ2n) is 13.0. The van der Waals surface area contributed by atoms with Gasteiger partial charge in [-0.1, -0.05) is 54.4 Å². The maximum atomic E-state index is 13.0. The average molecular weight is 531 g/mol. The lowest BCUT2D eigenvalue weighted by Crippen LogP contribution is -2.44. The van der Waals surface area contributed by atoms with Crippen LogP contribution in [0.5, 0.6) is 0 Å². The third-order valence-electron chi connectivity index (χ3n) is 8.10. The molecule has 7 nitrogen and oxygen atoms in total. The molecule has 0 N–H and O–H groups in total. The Hall–Kier alpha value is -0.910. The van der Waals surface area contributed by atoms with Gasteiger partial charge in [0.25, 0.3) is 0 Å². The van der Waals surface area contributed by atoms with E-state index in [0.29, 0.717) is 35.5 Å². The van der Waals surface area contributed by atoms with Gasteiger partial charge in [-0.05, 0) is 88.9 Å². The van der Waals surface area contributed by atoms with Crippen LogP contribution in [0.15, 0.2) is 0 Å². The van der Waals surface area contributed by atoms with Gasteiger partial charge in [0, 0.05) is 0 Å². The van der Waals surface area contributed by atoms with Crippen LogP contribution in [0, 0.1) is 35.5 Å². The molecule has 0 bridgehead atoms. The number of rotatable bonds is 10. The Labute approximate surface area is 219 Å². The first-order chi connectivity index (χ1) is 16.5. The highest BCUT2D eigenvalue weighted by Crippen LogP contribution is 2.41. The summed E-state index contributed by atoms with van der Waals surface area (Å²) in [5, 5.41) is 0. The number of hydrogen-bond acceptors (Lipinski definition) is 7. The lowest BCUT2D eigenvalue weighted by Gasteiger charge is -2.38. The molecule has 0 aromatic rings. The molecule has 2 aliphatic rings. The van der Waals surface area contributed by atoms with Gasteiger partial charge in [-0.3, -0.25) is 13.6 Å². The van der Waals surface area contributed by atoms with Crippen LogP contribution in [-0.2, 0) is 32.7 Å². The molecule has 0 aliphatic heterocycles. The zero-order valence-corrected chi connectivity index (χ0v) is 25.2. The number of carbonyl (C=O) groups excluding carboxylic acids is 2. The first kappa shape index (κ1) is 31.3. The van der Waals surface area contributed by atoms with E-state index in [0.717, 1.165) is 38.5 Å². The summed E-state index contributed by atoms with van der Waals surface area (Å²) in [5.41, 5.74) is -2.94. The van der Waals surface area contributed by atoms with E-state index in [2.05, 4.69) is 41.5 Å². The summed E-state index contributed by atoms with van der Waals surface area (Å²) < 4.78 is 35.7. The molecule has 0 saturated heterocycles. The fourth-order valence-electron chi connectivity index (χ4n) is 5.58. The molecule has 6 unspecified atom stereocenters. The van der Waals surface area contributed by atoms with Gasteiger partial charge in [0.2, 0.25) is 0 Å². The molecule has 2 aliphatic carbocycles. The lowest BCUT2D eigenvalue weighted by molar-refractivity contribution is -0.175. The summed E-state index contributed by atoms with van der Waals surface area (Å²) in [5.74, 6) is 1.22. The van der Waals surface area contributed by atoms with Crippen molar-refractivity contribution in [1.29, 1.82) is 0 Å². The van der Waals surface area contributed by atoms with Gasteiger partial charge < -0.3 is 9.47 Å². The van der Waals surface area contributed by atoms with E-state index in [-0.39, 0.29) is 12.2 Å². The highest BCUT2D eigenvalue weighted by atomic mass is 31.1. The zero-order chi connectivity index (χ0) is 27.4. The van der Waals surface area contributed by atoms with Crippen molar-refractivity contribution < 1.29 is 32.7 Å². The average Bonchev–Trinajstić information content (AvgIpc) is 2.72. The van der Waals surface area contributed by atoms with Gasteiger partial charge in [0.05, 0.1) is 0 Å². The molecule has 0 heterocycles. The Morgan fingerprint density at radius 3 is 1.33 bits per heavy atom. The number of hydrogen-bond donors (Lipinski definition) is 0. The highest BCUT2D eigenvalue weighted by molar-refractivity contribution is 7.33. The van der Waals surface area contributed by atoms with Crippen LogP contribution in [0.2, 0.25) is 0 Å². The Morgan fingerprint density at radius 2 is 1.03 bits per heavy atom. The van der Waals surface area contributed by atoms with Gasteiger partial charge in [-0.25, -0.2) is 9.59 Å². The summed E-state index contributed by atoms with van der Waals surface area (Å²) >= 11 is 0. The molecule has 0 aromatic carbocycles. The van der Waals surface area contributed by atoms with E-state index in [9.17, 15) is 14.2 Å². The predicted octanol–water partition coefficient (Wildman–Crippen LogP) is 6.97. The Kier molecular flexibility index (Phi) is 11.1. The number of ether oxygens (including phenoxy) is 2. The lowest BCUT2D eigenvalue weighted by atomic mass is 9.75. The molecule has 8 heteroatoms. The summed E-state index contributed by atoms with van der Waals surface area (Å²) in [6.07, 6.45) is 5.54. The van der Waals surface area contributed by atoms with Crippen LogP contribution in [-0.4, -0.2) is 35.3 Å². The van der Waals surface area contributed by atoms with E-state index < -0.39 is 31.4 Å². The van der Waals surface area contributed by atoms with Crippen molar-refractivity contribution in [3.63, 3.8) is 0 Å². The van der Waals surface area contributed by atoms with E-state index in [1.54, 1.807) is 0 Å². The maximum Gasteiger partial charge on any atom is 0.338 e. The molecule has 0 amide bonds. The molecule has 210 valence electrons. The van der Waals surface area contributed by atoms with Crippen molar-refractivity contribution in [3.05, 3.63) is 0 Å². The highest BCUT2D eigenvalue weighted by Gasteiger charge is 2.42. The van der Waals surface area contributed by atoms with Gasteiger partial charge in [-0.15, -0.1) is 0 Å². The monoisotopic (exact) mass is 530 g/mol. The fourth-order valence-corrected chi connectivity index (χ4v) is 6.62.